The summed E-state index contributed by atoms with van der Waals surface area (Å²) in [7, 11) is 0. The number of allylic oxidation sites excluding steroid dienone is 1. The van der Waals surface area contributed by atoms with Gasteiger partial charge in [-0.1, -0.05) is 42.5 Å². The summed E-state index contributed by atoms with van der Waals surface area (Å²) in [5, 5.41) is 3.43. The minimum atomic E-state index is 0. The molecule has 1 aromatic rings. The number of benzene rings is 1. The highest BCUT2D eigenvalue weighted by Crippen LogP contribution is 2.26. The zero-order chi connectivity index (χ0) is 14.9. The quantitative estimate of drug-likeness (QED) is 0.260. The average Bonchev–Trinajstić information content (AvgIpc) is 3.01. The first-order valence-electron chi connectivity index (χ1n) is 8.04. The summed E-state index contributed by atoms with van der Waals surface area (Å²) in [5.41, 5.74) is 1.45. The summed E-state index contributed by atoms with van der Waals surface area (Å²) in [5.74, 6) is 1.70. The molecule has 3 nitrogen and oxygen atoms in total. The molecule has 0 spiro atoms. The fourth-order valence-corrected chi connectivity index (χ4v) is 2.79. The van der Waals surface area contributed by atoms with Gasteiger partial charge in [-0.05, 0) is 32.3 Å². The molecule has 1 N–H and O–H groups in total. The molecule has 1 aliphatic heterocycles. The number of guanidine groups is 1. The Kier molecular flexibility index (Phi) is 9.20. The SMILES string of the molecule is C/C=C/CCN=C(NCC)N1CCC(c2ccccc2)C1.I. The van der Waals surface area contributed by atoms with Crippen molar-refractivity contribution in [3.8, 4) is 0 Å². The van der Waals surface area contributed by atoms with E-state index < -0.39 is 0 Å². The standard InChI is InChI=1S/C18H27N3.HI/c1-3-5-9-13-20-18(19-4-2)21-14-12-17(15-21)16-10-7-6-8-11-16;/h3,5-8,10-11,17H,4,9,12-15H2,1-2H3,(H,19,20);1H/b5-3+;. The third-order valence-corrected chi connectivity index (χ3v) is 3.89. The first kappa shape index (κ1) is 19.0. The van der Waals surface area contributed by atoms with Crippen LogP contribution in [-0.2, 0) is 0 Å². The molecule has 1 aromatic carbocycles. The van der Waals surface area contributed by atoms with Gasteiger partial charge in [-0.15, -0.1) is 24.0 Å². The van der Waals surface area contributed by atoms with Crippen molar-refractivity contribution in [2.45, 2.75) is 32.6 Å². The van der Waals surface area contributed by atoms with Crippen molar-refractivity contribution in [2.75, 3.05) is 26.2 Å². The van der Waals surface area contributed by atoms with E-state index in [1.165, 1.54) is 12.0 Å². The minimum absolute atomic E-state index is 0. The maximum absolute atomic E-state index is 4.74. The predicted octanol–water partition coefficient (Wildman–Crippen LogP) is 4.03. The number of nitrogens with zero attached hydrogens (tertiary/aromatic N) is 2. The minimum Gasteiger partial charge on any atom is -0.357 e. The topological polar surface area (TPSA) is 27.6 Å². The number of rotatable bonds is 5. The molecule has 1 atom stereocenters. The molecule has 22 heavy (non-hydrogen) atoms. The van der Waals surface area contributed by atoms with Gasteiger partial charge in [-0.25, -0.2) is 0 Å². The predicted molar refractivity (Wildman–Crippen MR) is 106 cm³/mol. The zero-order valence-electron chi connectivity index (χ0n) is 13.7. The van der Waals surface area contributed by atoms with Gasteiger partial charge in [-0.3, -0.25) is 4.99 Å². The van der Waals surface area contributed by atoms with Crippen LogP contribution in [0, 0.1) is 0 Å². The van der Waals surface area contributed by atoms with Crippen LogP contribution >= 0.6 is 24.0 Å². The summed E-state index contributed by atoms with van der Waals surface area (Å²) in [6, 6.07) is 10.8. The largest absolute Gasteiger partial charge is 0.357 e. The van der Waals surface area contributed by atoms with Crippen molar-refractivity contribution in [3.05, 3.63) is 48.0 Å². The highest BCUT2D eigenvalue weighted by atomic mass is 127. The van der Waals surface area contributed by atoms with Crippen LogP contribution in [-0.4, -0.2) is 37.0 Å². The van der Waals surface area contributed by atoms with Crippen LogP contribution in [0.15, 0.2) is 47.5 Å². The molecule has 0 saturated carbocycles. The fourth-order valence-electron chi connectivity index (χ4n) is 2.79. The Morgan fingerprint density at radius 3 is 2.82 bits per heavy atom. The van der Waals surface area contributed by atoms with Crippen molar-refractivity contribution in [2.24, 2.45) is 4.99 Å². The molecule has 0 aromatic heterocycles. The molecule has 0 bridgehead atoms. The molecule has 1 unspecified atom stereocenters. The molecule has 1 heterocycles. The van der Waals surface area contributed by atoms with E-state index in [-0.39, 0.29) is 24.0 Å². The van der Waals surface area contributed by atoms with Gasteiger partial charge >= 0.3 is 0 Å². The van der Waals surface area contributed by atoms with Crippen molar-refractivity contribution in [3.63, 3.8) is 0 Å². The lowest BCUT2D eigenvalue weighted by molar-refractivity contribution is 0.486. The molecule has 1 saturated heterocycles. The van der Waals surface area contributed by atoms with Crippen LogP contribution in [0.1, 0.15) is 38.2 Å². The molecule has 122 valence electrons. The van der Waals surface area contributed by atoms with Crippen molar-refractivity contribution < 1.29 is 0 Å². The Morgan fingerprint density at radius 2 is 2.14 bits per heavy atom. The van der Waals surface area contributed by atoms with Gasteiger partial charge in [0.2, 0.25) is 0 Å². The summed E-state index contributed by atoms with van der Waals surface area (Å²) in [6.45, 7) is 8.13. The zero-order valence-corrected chi connectivity index (χ0v) is 16.0. The van der Waals surface area contributed by atoms with Crippen molar-refractivity contribution in [1.29, 1.82) is 0 Å². The van der Waals surface area contributed by atoms with Crippen LogP contribution in [0.2, 0.25) is 0 Å². The van der Waals surface area contributed by atoms with Crippen LogP contribution in [0.4, 0.5) is 0 Å². The van der Waals surface area contributed by atoms with E-state index >= 15 is 0 Å². The highest BCUT2D eigenvalue weighted by Gasteiger charge is 2.25. The third kappa shape index (κ3) is 5.63. The molecule has 4 heteroatoms. The Morgan fingerprint density at radius 1 is 1.36 bits per heavy atom. The number of nitrogens with one attached hydrogen (secondary N) is 1. The number of aliphatic imine (C=N–C) groups is 1. The van der Waals surface area contributed by atoms with Gasteiger partial charge in [0, 0.05) is 32.1 Å². The Labute approximate surface area is 151 Å². The van der Waals surface area contributed by atoms with Crippen molar-refractivity contribution in [1.82, 2.24) is 10.2 Å². The van der Waals surface area contributed by atoms with Crippen LogP contribution < -0.4 is 5.32 Å². The normalized spacial score (nSPS) is 18.5. The second-order valence-corrected chi connectivity index (χ2v) is 5.44. The molecule has 1 fully saturated rings. The lowest BCUT2D eigenvalue weighted by atomic mass is 9.99. The first-order chi connectivity index (χ1) is 10.3. The molecule has 0 radical (unpaired) electrons. The number of hydrogen-bond donors (Lipinski definition) is 1. The fraction of sp³-hybridized carbons (Fsp3) is 0.500. The maximum Gasteiger partial charge on any atom is 0.193 e. The number of hydrogen-bond acceptors (Lipinski definition) is 1. The molecular formula is C18H28IN3. The second kappa shape index (κ2) is 10.6. The first-order valence-corrected chi connectivity index (χ1v) is 8.04. The van der Waals surface area contributed by atoms with Gasteiger partial charge in [0.05, 0.1) is 0 Å². The number of likely N-dealkylation sites (tertiary alicyclic amines) is 1. The second-order valence-electron chi connectivity index (χ2n) is 5.44. The molecule has 0 aliphatic carbocycles. The van der Waals surface area contributed by atoms with Gasteiger partial charge < -0.3 is 10.2 Å². The Balaban J connectivity index is 0.00000242. The Hall–Kier alpha value is -1.04. The summed E-state index contributed by atoms with van der Waals surface area (Å²) < 4.78 is 0. The van der Waals surface area contributed by atoms with Crippen LogP contribution in [0.25, 0.3) is 0 Å². The van der Waals surface area contributed by atoms with Crippen LogP contribution in [0.3, 0.4) is 0 Å². The molecule has 1 aliphatic rings. The van der Waals surface area contributed by atoms with E-state index in [1.54, 1.807) is 0 Å². The molecular weight excluding hydrogens is 385 g/mol. The van der Waals surface area contributed by atoms with E-state index in [2.05, 4.69) is 66.5 Å². The van der Waals surface area contributed by atoms with E-state index in [9.17, 15) is 0 Å². The maximum atomic E-state index is 4.74. The van der Waals surface area contributed by atoms with Gasteiger partial charge in [0.1, 0.15) is 0 Å². The monoisotopic (exact) mass is 413 g/mol. The van der Waals surface area contributed by atoms with Gasteiger partial charge in [0.15, 0.2) is 5.96 Å². The molecule has 2 rings (SSSR count). The summed E-state index contributed by atoms with van der Waals surface area (Å²) in [6.07, 6.45) is 6.48. The summed E-state index contributed by atoms with van der Waals surface area (Å²) in [4.78, 5) is 7.14. The lowest BCUT2D eigenvalue weighted by Crippen LogP contribution is -2.40. The lowest BCUT2D eigenvalue weighted by Gasteiger charge is -2.21. The smallest absolute Gasteiger partial charge is 0.193 e. The summed E-state index contributed by atoms with van der Waals surface area (Å²) >= 11 is 0. The van der Waals surface area contributed by atoms with E-state index in [0.717, 1.165) is 38.6 Å². The third-order valence-electron chi connectivity index (χ3n) is 3.89. The molecule has 0 amide bonds. The van der Waals surface area contributed by atoms with Gasteiger partial charge in [0.25, 0.3) is 0 Å². The average molecular weight is 413 g/mol. The van der Waals surface area contributed by atoms with E-state index in [0.29, 0.717) is 5.92 Å². The van der Waals surface area contributed by atoms with Crippen LogP contribution in [0.5, 0.6) is 0 Å². The van der Waals surface area contributed by atoms with Crippen molar-refractivity contribution >= 4 is 29.9 Å². The highest BCUT2D eigenvalue weighted by molar-refractivity contribution is 14.0. The van der Waals surface area contributed by atoms with E-state index in [4.69, 9.17) is 4.99 Å². The van der Waals surface area contributed by atoms with Gasteiger partial charge in [-0.2, -0.15) is 0 Å². The van der Waals surface area contributed by atoms with E-state index in [1.807, 2.05) is 0 Å². The Bertz CT molecular complexity index is 470. The number of halogens is 1.